The quantitative estimate of drug-likeness (QED) is 0.185. The van der Waals surface area contributed by atoms with Crippen molar-refractivity contribution in [2.24, 2.45) is 0 Å². The fourth-order valence-electron chi connectivity index (χ4n) is 7.36. The molecule has 5 heteroatoms. The van der Waals surface area contributed by atoms with E-state index in [0.29, 0.717) is 11.4 Å². The molecule has 240 valence electrons. The third kappa shape index (κ3) is 5.26. The highest BCUT2D eigenvalue weighted by Gasteiger charge is 2.36. The van der Waals surface area contributed by atoms with Crippen LogP contribution in [0.3, 0.4) is 0 Å². The van der Waals surface area contributed by atoms with Crippen LogP contribution in [0.15, 0.2) is 152 Å². The average Bonchev–Trinajstić information content (AvgIpc) is 3.42. The number of benzene rings is 5. The lowest BCUT2D eigenvalue weighted by atomic mass is 9.81. The summed E-state index contributed by atoms with van der Waals surface area (Å²) in [5.74, 6) is 0.670. The standard InChI is InChI=1S/C46H31N5/c1-46(2)39-22-29(28-47)15-17-37(39)38-18-16-32(26-40(38)46)33-23-34(36-19-21-48-41-14-9-20-49-44(36)41)25-35(24-33)43-27-42(30-10-5-3-6-11-30)50-45(51-43)31-12-7-4-8-13-31/h3-27H,1-2H3. The fourth-order valence-corrected chi connectivity index (χ4v) is 7.36. The summed E-state index contributed by atoms with van der Waals surface area (Å²) in [6.45, 7) is 4.49. The normalized spacial score (nSPS) is 12.6. The van der Waals surface area contributed by atoms with Crippen molar-refractivity contribution in [1.29, 1.82) is 5.26 Å². The van der Waals surface area contributed by atoms with E-state index in [9.17, 15) is 5.26 Å². The minimum Gasteiger partial charge on any atom is -0.255 e. The molecule has 3 aromatic heterocycles. The first kappa shape index (κ1) is 30.3. The first-order valence-electron chi connectivity index (χ1n) is 17.0. The SMILES string of the molecule is CC1(C)c2cc(C#N)ccc2-c2ccc(-c3cc(-c4cc(-c5ccccc5)nc(-c5ccccc5)n4)cc(-c4ccnc5cccnc45)c3)cc21. The van der Waals surface area contributed by atoms with Crippen LogP contribution in [0.1, 0.15) is 30.5 Å². The molecule has 0 saturated heterocycles. The van der Waals surface area contributed by atoms with E-state index in [-0.39, 0.29) is 5.41 Å². The summed E-state index contributed by atoms with van der Waals surface area (Å²) in [6.07, 6.45) is 3.67. The van der Waals surface area contributed by atoms with Crippen LogP contribution in [0.25, 0.3) is 78.3 Å². The van der Waals surface area contributed by atoms with E-state index >= 15 is 0 Å². The maximum atomic E-state index is 9.65. The Labute approximate surface area is 296 Å². The van der Waals surface area contributed by atoms with Crippen LogP contribution in [0, 0.1) is 11.3 Å². The molecule has 1 aliphatic carbocycles. The maximum Gasteiger partial charge on any atom is 0.160 e. The summed E-state index contributed by atoms with van der Waals surface area (Å²) in [5, 5.41) is 9.65. The maximum absolute atomic E-state index is 9.65. The Balaban J connectivity index is 1.27. The highest BCUT2D eigenvalue weighted by atomic mass is 14.9. The Bertz CT molecular complexity index is 2610. The van der Waals surface area contributed by atoms with E-state index in [0.717, 1.165) is 61.4 Å². The molecule has 0 radical (unpaired) electrons. The third-order valence-electron chi connectivity index (χ3n) is 10.0. The molecular weight excluding hydrogens is 623 g/mol. The molecule has 0 saturated carbocycles. The van der Waals surface area contributed by atoms with Gasteiger partial charge in [-0.15, -0.1) is 0 Å². The van der Waals surface area contributed by atoms with Crippen LogP contribution in [0.2, 0.25) is 0 Å². The Hall–Kier alpha value is -6.77. The number of fused-ring (bicyclic) bond motifs is 4. The van der Waals surface area contributed by atoms with Gasteiger partial charge in [0.25, 0.3) is 0 Å². The van der Waals surface area contributed by atoms with E-state index in [1.165, 1.54) is 22.3 Å². The first-order chi connectivity index (χ1) is 25.0. The van der Waals surface area contributed by atoms with Crippen molar-refractivity contribution in [3.63, 3.8) is 0 Å². The predicted molar refractivity (Wildman–Crippen MR) is 205 cm³/mol. The molecular formula is C46H31N5. The zero-order valence-corrected chi connectivity index (χ0v) is 28.2. The van der Waals surface area contributed by atoms with Crippen LogP contribution >= 0.6 is 0 Å². The molecule has 1 aliphatic rings. The smallest absolute Gasteiger partial charge is 0.160 e. The Morgan fingerprint density at radius 3 is 1.92 bits per heavy atom. The van der Waals surface area contributed by atoms with Gasteiger partial charge in [0.1, 0.15) is 0 Å². The molecule has 51 heavy (non-hydrogen) atoms. The van der Waals surface area contributed by atoms with Gasteiger partial charge in [0.05, 0.1) is 34.1 Å². The van der Waals surface area contributed by atoms with Crippen molar-refractivity contribution in [2.75, 3.05) is 0 Å². The predicted octanol–water partition coefficient (Wildman–Crippen LogP) is 10.9. The molecule has 0 amide bonds. The Kier molecular flexibility index (Phi) is 7.12. The number of nitriles is 1. The zero-order valence-electron chi connectivity index (χ0n) is 28.2. The molecule has 9 rings (SSSR count). The summed E-state index contributed by atoms with van der Waals surface area (Å²) in [6, 6.07) is 50.2. The lowest BCUT2D eigenvalue weighted by Crippen LogP contribution is -2.15. The summed E-state index contributed by atoms with van der Waals surface area (Å²) in [4.78, 5) is 19.6. The lowest BCUT2D eigenvalue weighted by molar-refractivity contribution is 0.660. The zero-order chi connectivity index (χ0) is 34.5. The van der Waals surface area contributed by atoms with Crippen LogP contribution < -0.4 is 0 Å². The lowest BCUT2D eigenvalue weighted by Gasteiger charge is -2.22. The van der Waals surface area contributed by atoms with Gasteiger partial charge >= 0.3 is 0 Å². The van der Waals surface area contributed by atoms with Crippen LogP contribution in [0.5, 0.6) is 0 Å². The van der Waals surface area contributed by atoms with Gasteiger partial charge in [-0.1, -0.05) is 92.7 Å². The van der Waals surface area contributed by atoms with Gasteiger partial charge in [0, 0.05) is 40.1 Å². The molecule has 0 atom stereocenters. The topological polar surface area (TPSA) is 75.3 Å². The molecule has 0 unspecified atom stereocenters. The van der Waals surface area contributed by atoms with Crippen molar-refractivity contribution in [3.8, 4) is 73.4 Å². The van der Waals surface area contributed by atoms with Crippen LogP contribution in [0.4, 0.5) is 0 Å². The first-order valence-corrected chi connectivity index (χ1v) is 17.0. The van der Waals surface area contributed by atoms with Gasteiger partial charge in [-0.05, 0) is 99.6 Å². The summed E-state index contributed by atoms with van der Waals surface area (Å²) in [5.41, 5.74) is 15.8. The minimum absolute atomic E-state index is 0.263. The molecule has 0 bridgehead atoms. The molecule has 0 spiro atoms. The van der Waals surface area contributed by atoms with Crippen molar-refractivity contribution in [2.45, 2.75) is 19.3 Å². The van der Waals surface area contributed by atoms with Gasteiger partial charge in [-0.3, -0.25) is 9.97 Å². The summed E-state index contributed by atoms with van der Waals surface area (Å²) >= 11 is 0. The largest absolute Gasteiger partial charge is 0.255 e. The van der Waals surface area contributed by atoms with E-state index in [2.05, 4.69) is 85.6 Å². The number of hydrogen-bond donors (Lipinski definition) is 0. The number of pyridine rings is 2. The van der Waals surface area contributed by atoms with Gasteiger partial charge in [-0.25, -0.2) is 9.97 Å². The highest BCUT2D eigenvalue weighted by Crippen LogP contribution is 2.50. The summed E-state index contributed by atoms with van der Waals surface area (Å²) in [7, 11) is 0. The number of nitrogens with zero attached hydrogens (tertiary/aromatic N) is 5. The monoisotopic (exact) mass is 653 g/mol. The molecule has 0 aliphatic heterocycles. The second-order valence-electron chi connectivity index (χ2n) is 13.5. The molecule has 8 aromatic rings. The molecule has 3 heterocycles. The van der Waals surface area contributed by atoms with Crippen molar-refractivity contribution >= 4 is 11.0 Å². The van der Waals surface area contributed by atoms with Crippen molar-refractivity contribution < 1.29 is 0 Å². The van der Waals surface area contributed by atoms with Crippen molar-refractivity contribution in [1.82, 2.24) is 19.9 Å². The highest BCUT2D eigenvalue weighted by molar-refractivity contribution is 5.94. The summed E-state index contributed by atoms with van der Waals surface area (Å²) < 4.78 is 0. The van der Waals surface area contributed by atoms with E-state index in [1.54, 1.807) is 0 Å². The second kappa shape index (κ2) is 12.0. The van der Waals surface area contributed by atoms with E-state index < -0.39 is 0 Å². The van der Waals surface area contributed by atoms with Gasteiger partial charge < -0.3 is 0 Å². The molecule has 0 fully saturated rings. The molecule has 5 nitrogen and oxygen atoms in total. The number of aromatic nitrogens is 4. The number of hydrogen-bond acceptors (Lipinski definition) is 5. The average molecular weight is 654 g/mol. The second-order valence-corrected chi connectivity index (χ2v) is 13.5. The Morgan fingerprint density at radius 2 is 1.16 bits per heavy atom. The van der Waals surface area contributed by atoms with E-state index in [1.807, 2.05) is 91.3 Å². The fraction of sp³-hybridized carbons (Fsp3) is 0.0652. The van der Waals surface area contributed by atoms with Crippen LogP contribution in [-0.2, 0) is 5.41 Å². The molecule has 0 N–H and O–H groups in total. The minimum atomic E-state index is -0.263. The van der Waals surface area contributed by atoms with Crippen LogP contribution in [-0.4, -0.2) is 19.9 Å². The Morgan fingerprint density at radius 1 is 0.490 bits per heavy atom. The third-order valence-corrected chi connectivity index (χ3v) is 10.0. The molecule has 5 aromatic carbocycles. The van der Waals surface area contributed by atoms with Gasteiger partial charge in [0.2, 0.25) is 0 Å². The van der Waals surface area contributed by atoms with E-state index in [4.69, 9.17) is 15.0 Å². The number of rotatable bonds is 5. The van der Waals surface area contributed by atoms with Gasteiger partial charge in [0.15, 0.2) is 5.82 Å². The van der Waals surface area contributed by atoms with Gasteiger partial charge in [-0.2, -0.15) is 5.26 Å². The van der Waals surface area contributed by atoms with Crippen molar-refractivity contribution in [3.05, 3.63) is 169 Å².